The molecule has 0 aromatic heterocycles. The number of Topliss-reactive ketones (excluding diaryl/α,β-unsaturated/α-hetero) is 2. The number of morpholine rings is 1. The lowest BCUT2D eigenvalue weighted by Crippen LogP contribution is -2.58. The predicted octanol–water partition coefficient (Wildman–Crippen LogP) is 3.06. The summed E-state index contributed by atoms with van der Waals surface area (Å²) < 4.78 is 5.57. The van der Waals surface area contributed by atoms with Gasteiger partial charge in [-0.25, -0.2) is 0 Å². The highest BCUT2D eigenvalue weighted by atomic mass is 16.5. The van der Waals surface area contributed by atoms with E-state index in [0.29, 0.717) is 24.2 Å². The molecule has 7 atom stereocenters. The first-order valence-electron chi connectivity index (χ1n) is 16.2. The summed E-state index contributed by atoms with van der Waals surface area (Å²) in [5.41, 5.74) is 4.04. The van der Waals surface area contributed by atoms with Gasteiger partial charge in [-0.05, 0) is 85.3 Å². The van der Waals surface area contributed by atoms with Crippen molar-refractivity contribution >= 4 is 23.2 Å². The summed E-state index contributed by atoms with van der Waals surface area (Å²) in [7, 11) is 0. The zero-order valence-corrected chi connectivity index (χ0v) is 25.0. The molecule has 10 nitrogen and oxygen atoms in total. The third-order valence-electron chi connectivity index (χ3n) is 11.8. The molecule has 1 aromatic rings. The largest absolute Gasteiger partial charge is 0.508 e. The van der Waals surface area contributed by atoms with E-state index in [9.17, 15) is 34.8 Å². The number of nitrogens with zero attached hydrogens (tertiary/aromatic N) is 1. The molecule has 6 aliphatic rings. The van der Waals surface area contributed by atoms with Crippen LogP contribution in [0.1, 0.15) is 74.0 Å². The Morgan fingerprint density at radius 2 is 1.73 bits per heavy atom. The van der Waals surface area contributed by atoms with E-state index in [1.807, 2.05) is 6.07 Å². The van der Waals surface area contributed by atoms with E-state index in [4.69, 9.17) is 10.5 Å². The van der Waals surface area contributed by atoms with E-state index in [-0.39, 0.29) is 35.6 Å². The number of phenolic OH excluding ortho intramolecular Hbond substituents is 1. The topological polar surface area (TPSA) is 171 Å². The van der Waals surface area contributed by atoms with E-state index in [1.54, 1.807) is 6.07 Å². The Balaban J connectivity index is 1.25. The minimum Gasteiger partial charge on any atom is -0.508 e. The highest BCUT2D eigenvalue weighted by Gasteiger charge is 2.60. The molecule has 0 bridgehead atoms. The summed E-state index contributed by atoms with van der Waals surface area (Å²) in [6.45, 7) is 4.65. The molecule has 1 saturated heterocycles. The fraction of sp³-hybridized carbons (Fsp3) is 0.618. The molecular formula is C34H42N2O8. The molecule has 10 heteroatoms. The molecule has 1 aromatic carbocycles. The lowest BCUT2D eigenvalue weighted by molar-refractivity contribution is -0.147. The highest BCUT2D eigenvalue weighted by molar-refractivity contribution is 6.22. The van der Waals surface area contributed by atoms with Crippen LogP contribution in [0.15, 0.2) is 29.0 Å². The van der Waals surface area contributed by atoms with Gasteiger partial charge in [-0.15, -0.1) is 0 Å². The number of carbonyl (C=O) groups is 3. The van der Waals surface area contributed by atoms with Gasteiger partial charge in [0, 0.05) is 37.5 Å². The number of phenols is 1. The van der Waals surface area contributed by atoms with Gasteiger partial charge in [0.05, 0.1) is 18.8 Å². The van der Waals surface area contributed by atoms with Crippen LogP contribution in [0.3, 0.4) is 0 Å². The van der Waals surface area contributed by atoms with Crippen LogP contribution in [0.4, 0.5) is 0 Å². The van der Waals surface area contributed by atoms with Crippen molar-refractivity contribution in [3.8, 4) is 5.75 Å². The molecule has 6 N–H and O–H groups in total. The van der Waals surface area contributed by atoms with Crippen molar-refractivity contribution in [2.75, 3.05) is 32.8 Å². The number of hydrogen-bond acceptors (Lipinski definition) is 9. The van der Waals surface area contributed by atoms with Crippen LogP contribution in [0, 0.1) is 29.6 Å². The number of ether oxygens (including phenoxy) is 1. The van der Waals surface area contributed by atoms with Gasteiger partial charge in [0.25, 0.3) is 5.91 Å². The Labute approximate surface area is 256 Å². The van der Waals surface area contributed by atoms with Crippen molar-refractivity contribution in [1.29, 1.82) is 0 Å². The Kier molecular flexibility index (Phi) is 7.37. The monoisotopic (exact) mass is 606 g/mol. The second kappa shape index (κ2) is 11.0. The van der Waals surface area contributed by atoms with E-state index in [0.717, 1.165) is 63.2 Å². The molecule has 4 unspecified atom stereocenters. The molecule has 0 spiro atoms. The molecular weight excluding hydrogens is 564 g/mol. The Morgan fingerprint density at radius 1 is 1.00 bits per heavy atom. The number of aliphatic hydroxyl groups is 3. The number of rotatable bonds is 4. The van der Waals surface area contributed by atoms with Gasteiger partial charge in [-0.2, -0.15) is 0 Å². The number of ketones is 2. The molecule has 236 valence electrons. The standard InChI is InChI=1S/C34H42N2O8/c35-33(42)29-26(38)15-19-13-18-14-24-23(7-8-25(37)28(24)30(39)27(18)31(40)34(19,43)32(29)41)22-6-5-17(16-36-9-11-44-12-10-36)20-3-1-2-4-21(20)22/h7-8,17-22,37,39,41,43H,1-6,9-16H2,(H2,35,42)/t17?,18-,19+,20?,21?,22?,34+/m1/s1. The Morgan fingerprint density at radius 3 is 2.45 bits per heavy atom. The fourth-order valence-corrected chi connectivity index (χ4v) is 9.82. The summed E-state index contributed by atoms with van der Waals surface area (Å²) in [5, 5.41) is 45.0. The lowest BCUT2D eigenvalue weighted by Gasteiger charge is -2.49. The highest BCUT2D eigenvalue weighted by Crippen LogP contribution is 2.56. The van der Waals surface area contributed by atoms with Gasteiger partial charge in [-0.3, -0.25) is 19.3 Å². The van der Waals surface area contributed by atoms with Gasteiger partial charge in [0.1, 0.15) is 22.8 Å². The summed E-state index contributed by atoms with van der Waals surface area (Å²) >= 11 is 0. The molecule has 7 rings (SSSR count). The number of aromatic hydroxyl groups is 1. The maximum Gasteiger partial charge on any atom is 0.255 e. The first-order chi connectivity index (χ1) is 21.1. The van der Waals surface area contributed by atoms with Crippen LogP contribution < -0.4 is 5.73 Å². The van der Waals surface area contributed by atoms with Crippen molar-refractivity contribution in [3.05, 3.63) is 45.7 Å². The number of fused-ring (bicyclic) bond motifs is 4. The molecule has 5 aliphatic carbocycles. The maximum absolute atomic E-state index is 13.9. The molecule has 1 heterocycles. The number of benzene rings is 1. The number of nitrogens with two attached hydrogens (primary N) is 1. The van der Waals surface area contributed by atoms with Crippen LogP contribution in [-0.2, 0) is 25.5 Å². The van der Waals surface area contributed by atoms with Gasteiger partial charge in [0.2, 0.25) is 5.78 Å². The molecule has 1 amide bonds. The molecule has 44 heavy (non-hydrogen) atoms. The fourth-order valence-electron chi connectivity index (χ4n) is 9.82. The van der Waals surface area contributed by atoms with Crippen molar-refractivity contribution in [2.45, 2.75) is 69.3 Å². The molecule has 4 fully saturated rings. The van der Waals surface area contributed by atoms with Crippen LogP contribution in [-0.4, -0.2) is 81.2 Å². The van der Waals surface area contributed by atoms with E-state index in [2.05, 4.69) is 4.90 Å². The summed E-state index contributed by atoms with van der Waals surface area (Å²) in [6.07, 6.45) is 7.10. The van der Waals surface area contributed by atoms with Crippen LogP contribution in [0.5, 0.6) is 5.75 Å². The molecule has 0 radical (unpaired) electrons. The number of primary amides is 1. The zero-order chi connectivity index (χ0) is 30.9. The third kappa shape index (κ3) is 4.43. The Bertz CT molecular complexity index is 1480. The smallest absolute Gasteiger partial charge is 0.255 e. The summed E-state index contributed by atoms with van der Waals surface area (Å²) in [6, 6.07) is 3.58. The summed E-state index contributed by atoms with van der Waals surface area (Å²) in [4.78, 5) is 41.1. The second-order valence-corrected chi connectivity index (χ2v) is 13.9. The molecule has 3 saturated carbocycles. The van der Waals surface area contributed by atoms with Crippen molar-refractivity contribution in [3.63, 3.8) is 0 Å². The van der Waals surface area contributed by atoms with Crippen LogP contribution >= 0.6 is 0 Å². The maximum atomic E-state index is 13.9. The zero-order valence-electron chi connectivity index (χ0n) is 25.0. The number of aliphatic hydroxyl groups excluding tert-OH is 2. The third-order valence-corrected chi connectivity index (χ3v) is 11.8. The summed E-state index contributed by atoms with van der Waals surface area (Å²) in [5.74, 6) is -3.96. The minimum absolute atomic E-state index is 0.0850. The normalized spacial score (nSPS) is 35.9. The number of amides is 1. The van der Waals surface area contributed by atoms with Crippen molar-refractivity contribution in [1.82, 2.24) is 4.90 Å². The predicted molar refractivity (Wildman–Crippen MR) is 160 cm³/mol. The van der Waals surface area contributed by atoms with Crippen LogP contribution in [0.2, 0.25) is 0 Å². The quantitative estimate of drug-likeness (QED) is 0.323. The minimum atomic E-state index is -2.54. The number of carbonyl (C=O) groups excluding carboxylic acids is 3. The Hall–Kier alpha value is -3.21. The first-order valence-corrected chi connectivity index (χ1v) is 16.2. The lowest BCUT2D eigenvalue weighted by atomic mass is 9.57. The second-order valence-electron chi connectivity index (χ2n) is 13.9. The van der Waals surface area contributed by atoms with Crippen molar-refractivity contribution in [2.24, 2.45) is 35.3 Å². The molecule has 1 aliphatic heterocycles. The SMILES string of the molecule is NC(=O)C1=C(O)[C@@]2(O)C(=O)C3=C(O)c4c(O)ccc(C5CCC(CN6CCOCC6)C6CCCCC56)c4C[C@H]3C[C@H]2CC1=O. The van der Waals surface area contributed by atoms with Gasteiger partial charge in [-0.1, -0.05) is 18.9 Å². The van der Waals surface area contributed by atoms with Gasteiger partial charge >= 0.3 is 0 Å². The first kappa shape index (κ1) is 29.5. The van der Waals surface area contributed by atoms with Gasteiger partial charge in [0.15, 0.2) is 11.4 Å². The van der Waals surface area contributed by atoms with Crippen molar-refractivity contribution < 1.29 is 39.5 Å². The van der Waals surface area contributed by atoms with Crippen LogP contribution in [0.25, 0.3) is 5.76 Å². The number of hydrogen-bond donors (Lipinski definition) is 5. The van der Waals surface area contributed by atoms with E-state index >= 15 is 0 Å². The average molecular weight is 607 g/mol. The average Bonchev–Trinajstić information content (AvgIpc) is 3.00. The van der Waals surface area contributed by atoms with E-state index < -0.39 is 52.0 Å². The van der Waals surface area contributed by atoms with E-state index in [1.165, 1.54) is 19.3 Å². The van der Waals surface area contributed by atoms with Gasteiger partial charge < -0.3 is 30.9 Å².